The zero-order chi connectivity index (χ0) is 10.4. The summed E-state index contributed by atoms with van der Waals surface area (Å²) in [5.41, 5.74) is 5.26. The molecule has 1 N–H and O–H groups in total. The molecule has 0 aromatic carbocycles. The van der Waals surface area contributed by atoms with Crippen molar-refractivity contribution < 1.29 is 5.11 Å². The van der Waals surface area contributed by atoms with Gasteiger partial charge in [0, 0.05) is 17.5 Å². The zero-order valence-electron chi connectivity index (χ0n) is 8.47. The van der Waals surface area contributed by atoms with Crippen molar-refractivity contribution in [2.75, 3.05) is 0 Å². The molecule has 78 valence electrons. The van der Waals surface area contributed by atoms with E-state index < -0.39 is 0 Å². The lowest BCUT2D eigenvalue weighted by Crippen LogP contribution is -2.27. The minimum atomic E-state index is -0.122. The van der Waals surface area contributed by atoms with Gasteiger partial charge in [-0.15, -0.1) is 11.3 Å². The van der Waals surface area contributed by atoms with Crippen LogP contribution in [0.25, 0.3) is 10.2 Å². The second-order valence-corrected chi connectivity index (χ2v) is 5.03. The number of pyridine rings is 1. The van der Waals surface area contributed by atoms with Gasteiger partial charge in [-0.05, 0) is 25.7 Å². The molecule has 1 aliphatic rings. The normalized spacial score (nSPS) is 25.5. The van der Waals surface area contributed by atoms with Crippen molar-refractivity contribution in [1.82, 2.24) is 9.97 Å². The molecule has 1 aliphatic carbocycles. The molecule has 1 saturated carbocycles. The highest BCUT2D eigenvalue weighted by atomic mass is 32.1. The Bertz CT molecular complexity index is 502. The highest BCUT2D eigenvalue weighted by molar-refractivity contribution is 7.16. The Morgan fingerprint density at radius 1 is 1.40 bits per heavy atom. The first-order valence-corrected chi connectivity index (χ1v) is 6.00. The molecule has 0 saturated heterocycles. The smallest absolute Gasteiger partial charge is 0.0880 e. The predicted octanol–water partition coefficient (Wildman–Crippen LogP) is 2.24. The van der Waals surface area contributed by atoms with Crippen LogP contribution in [0.5, 0.6) is 0 Å². The first kappa shape index (κ1) is 9.24. The van der Waals surface area contributed by atoms with Gasteiger partial charge in [0.15, 0.2) is 0 Å². The molecule has 0 atom stereocenters. The number of nitrogens with zero attached hydrogens (tertiary/aromatic N) is 2. The molecule has 0 radical (unpaired) electrons. The van der Waals surface area contributed by atoms with Gasteiger partial charge in [0.05, 0.1) is 21.8 Å². The van der Waals surface area contributed by atoms with E-state index in [0.29, 0.717) is 5.92 Å². The fourth-order valence-electron chi connectivity index (χ4n) is 2.26. The van der Waals surface area contributed by atoms with Gasteiger partial charge in [0.25, 0.3) is 0 Å². The molecule has 0 bridgehead atoms. The van der Waals surface area contributed by atoms with E-state index >= 15 is 0 Å². The average Bonchev–Trinajstić information content (AvgIpc) is 2.61. The molecular formula is C11H12N2OS. The van der Waals surface area contributed by atoms with Crippen molar-refractivity contribution in [3.63, 3.8) is 0 Å². The molecule has 2 heterocycles. The van der Waals surface area contributed by atoms with Gasteiger partial charge in [-0.25, -0.2) is 4.98 Å². The van der Waals surface area contributed by atoms with Gasteiger partial charge in [-0.2, -0.15) is 0 Å². The Balaban J connectivity index is 2.14. The van der Waals surface area contributed by atoms with Crippen molar-refractivity contribution in [2.45, 2.75) is 31.8 Å². The van der Waals surface area contributed by atoms with E-state index in [-0.39, 0.29) is 6.10 Å². The van der Waals surface area contributed by atoms with Crippen LogP contribution in [-0.4, -0.2) is 21.2 Å². The maximum atomic E-state index is 9.36. The maximum Gasteiger partial charge on any atom is 0.0880 e. The standard InChI is InChI=1S/C11H12N2OS/c1-6-10(7-2-8(14)3-7)11-9(4-12-6)15-5-13-11/h4-5,7-8,14H,2-3H2,1H3. The summed E-state index contributed by atoms with van der Waals surface area (Å²) in [4.78, 5) is 8.80. The van der Waals surface area contributed by atoms with E-state index in [2.05, 4.69) is 9.97 Å². The fourth-order valence-corrected chi connectivity index (χ4v) is 2.92. The molecule has 2 aromatic rings. The van der Waals surface area contributed by atoms with Crippen LogP contribution in [0.1, 0.15) is 30.0 Å². The number of aliphatic hydroxyl groups is 1. The quantitative estimate of drug-likeness (QED) is 0.801. The lowest BCUT2D eigenvalue weighted by atomic mass is 9.77. The fraction of sp³-hybridized carbons (Fsp3) is 0.455. The molecule has 2 aromatic heterocycles. The Labute approximate surface area is 91.8 Å². The van der Waals surface area contributed by atoms with Crippen molar-refractivity contribution in [3.8, 4) is 0 Å². The number of aliphatic hydroxyl groups excluding tert-OH is 1. The van der Waals surface area contributed by atoms with Gasteiger partial charge in [-0.1, -0.05) is 0 Å². The summed E-state index contributed by atoms with van der Waals surface area (Å²) in [6.07, 6.45) is 3.49. The van der Waals surface area contributed by atoms with Crippen LogP contribution < -0.4 is 0 Å². The molecule has 15 heavy (non-hydrogen) atoms. The Morgan fingerprint density at radius 2 is 2.20 bits per heavy atom. The summed E-state index contributed by atoms with van der Waals surface area (Å²) in [7, 11) is 0. The highest BCUT2D eigenvalue weighted by Gasteiger charge is 2.31. The number of aryl methyl sites for hydroxylation is 1. The molecule has 1 fully saturated rings. The van der Waals surface area contributed by atoms with Crippen LogP contribution in [-0.2, 0) is 0 Å². The van der Waals surface area contributed by atoms with Crippen LogP contribution in [0.2, 0.25) is 0 Å². The number of rotatable bonds is 1. The predicted molar refractivity (Wildman–Crippen MR) is 60.1 cm³/mol. The minimum Gasteiger partial charge on any atom is -0.393 e. The molecule has 4 heteroatoms. The summed E-state index contributed by atoms with van der Waals surface area (Å²) in [5, 5.41) is 9.36. The summed E-state index contributed by atoms with van der Waals surface area (Å²) in [6.45, 7) is 2.03. The zero-order valence-corrected chi connectivity index (χ0v) is 9.29. The highest BCUT2D eigenvalue weighted by Crippen LogP contribution is 2.41. The molecular weight excluding hydrogens is 208 g/mol. The molecule has 3 rings (SSSR count). The van der Waals surface area contributed by atoms with Gasteiger partial charge in [-0.3, -0.25) is 4.98 Å². The summed E-state index contributed by atoms with van der Waals surface area (Å²) < 4.78 is 1.15. The van der Waals surface area contributed by atoms with Crippen molar-refractivity contribution >= 4 is 21.6 Å². The average molecular weight is 220 g/mol. The van der Waals surface area contributed by atoms with Crippen LogP contribution in [0.4, 0.5) is 0 Å². The van der Waals surface area contributed by atoms with Crippen molar-refractivity contribution in [1.29, 1.82) is 0 Å². The minimum absolute atomic E-state index is 0.122. The van der Waals surface area contributed by atoms with Crippen molar-refractivity contribution in [2.24, 2.45) is 0 Å². The van der Waals surface area contributed by atoms with Crippen LogP contribution in [0.15, 0.2) is 11.7 Å². The van der Waals surface area contributed by atoms with E-state index in [1.807, 2.05) is 18.6 Å². The van der Waals surface area contributed by atoms with Gasteiger partial charge in [0.1, 0.15) is 0 Å². The number of aromatic nitrogens is 2. The summed E-state index contributed by atoms with van der Waals surface area (Å²) in [5.74, 6) is 0.457. The van der Waals surface area contributed by atoms with E-state index in [4.69, 9.17) is 0 Å². The monoisotopic (exact) mass is 220 g/mol. The van der Waals surface area contributed by atoms with Gasteiger partial charge in [0.2, 0.25) is 0 Å². The maximum absolute atomic E-state index is 9.36. The topological polar surface area (TPSA) is 46.0 Å². The van der Waals surface area contributed by atoms with E-state index in [0.717, 1.165) is 28.8 Å². The summed E-state index contributed by atoms with van der Waals surface area (Å²) >= 11 is 1.63. The third-order valence-electron chi connectivity index (χ3n) is 3.14. The van der Waals surface area contributed by atoms with E-state index in [1.165, 1.54) is 5.56 Å². The molecule has 3 nitrogen and oxygen atoms in total. The third-order valence-corrected chi connectivity index (χ3v) is 3.90. The van der Waals surface area contributed by atoms with Crippen LogP contribution >= 0.6 is 11.3 Å². The van der Waals surface area contributed by atoms with Gasteiger partial charge >= 0.3 is 0 Å². The lowest BCUT2D eigenvalue weighted by Gasteiger charge is -2.32. The number of thiazole rings is 1. The third kappa shape index (κ3) is 1.36. The van der Waals surface area contributed by atoms with Gasteiger partial charge < -0.3 is 5.11 Å². The number of hydrogen-bond donors (Lipinski definition) is 1. The SMILES string of the molecule is Cc1ncc2scnc2c1C1CC(O)C1. The Kier molecular flexibility index (Phi) is 2.00. The molecule has 0 aliphatic heterocycles. The van der Waals surface area contributed by atoms with E-state index in [9.17, 15) is 5.11 Å². The first-order valence-electron chi connectivity index (χ1n) is 5.12. The molecule has 0 spiro atoms. The van der Waals surface area contributed by atoms with Crippen LogP contribution in [0.3, 0.4) is 0 Å². The Morgan fingerprint density at radius 3 is 2.93 bits per heavy atom. The van der Waals surface area contributed by atoms with E-state index in [1.54, 1.807) is 11.3 Å². The molecule has 0 unspecified atom stereocenters. The van der Waals surface area contributed by atoms with Crippen molar-refractivity contribution in [3.05, 3.63) is 23.0 Å². The number of hydrogen-bond acceptors (Lipinski definition) is 4. The second-order valence-electron chi connectivity index (χ2n) is 4.14. The first-order chi connectivity index (χ1) is 7.25. The van der Waals surface area contributed by atoms with Crippen LogP contribution in [0, 0.1) is 6.92 Å². The lowest BCUT2D eigenvalue weighted by molar-refractivity contribution is 0.0747. The number of fused-ring (bicyclic) bond motifs is 1. The largest absolute Gasteiger partial charge is 0.393 e. The summed E-state index contributed by atoms with van der Waals surface area (Å²) in [6, 6.07) is 0. The second kappa shape index (κ2) is 3.25. The molecule has 0 amide bonds. The Hall–Kier alpha value is -1.00.